The quantitative estimate of drug-likeness (QED) is 0.711. The molecule has 1 aliphatic rings. The highest BCUT2D eigenvalue weighted by molar-refractivity contribution is 5.86. The summed E-state index contributed by atoms with van der Waals surface area (Å²) in [6.07, 6.45) is 0.826. The molecule has 0 atom stereocenters. The third-order valence-electron chi connectivity index (χ3n) is 3.55. The largest absolute Gasteiger partial charge is 0.481 e. The Morgan fingerprint density at radius 3 is 2.59 bits per heavy atom. The standard InChI is InChI=1S/C15H17FN2O4/c16-11-3-1-2-9(4-11)5-13(19)17-8-14(20)18-12-6-10(7-12)15(21)22/h1-4,10,12H,5-8H2,(H,17,19)(H,18,20)(H,21,22). The van der Waals surface area contributed by atoms with Crippen molar-refractivity contribution in [3.63, 3.8) is 0 Å². The lowest BCUT2D eigenvalue weighted by Crippen LogP contribution is -2.49. The number of rotatable bonds is 6. The Kier molecular flexibility index (Phi) is 5.08. The van der Waals surface area contributed by atoms with Gasteiger partial charge in [0, 0.05) is 6.04 Å². The monoisotopic (exact) mass is 308 g/mol. The first kappa shape index (κ1) is 15.9. The molecule has 22 heavy (non-hydrogen) atoms. The average molecular weight is 308 g/mol. The molecule has 1 fully saturated rings. The number of benzene rings is 1. The predicted octanol–water partition coefficient (Wildman–Crippen LogP) is 0.464. The topological polar surface area (TPSA) is 95.5 Å². The first-order valence-electron chi connectivity index (χ1n) is 6.97. The molecule has 6 nitrogen and oxygen atoms in total. The van der Waals surface area contributed by atoms with Crippen molar-refractivity contribution in [1.29, 1.82) is 0 Å². The molecule has 0 radical (unpaired) electrons. The van der Waals surface area contributed by atoms with Gasteiger partial charge in [-0.3, -0.25) is 14.4 Å². The molecule has 0 saturated heterocycles. The van der Waals surface area contributed by atoms with Gasteiger partial charge in [-0.1, -0.05) is 12.1 Å². The van der Waals surface area contributed by atoms with Crippen molar-refractivity contribution in [3.8, 4) is 0 Å². The van der Waals surface area contributed by atoms with Crippen molar-refractivity contribution in [2.75, 3.05) is 6.54 Å². The molecule has 1 aliphatic carbocycles. The van der Waals surface area contributed by atoms with Crippen LogP contribution in [0.2, 0.25) is 0 Å². The molecular weight excluding hydrogens is 291 g/mol. The van der Waals surface area contributed by atoms with E-state index in [-0.39, 0.29) is 30.8 Å². The fourth-order valence-electron chi connectivity index (χ4n) is 2.29. The molecule has 3 N–H and O–H groups in total. The van der Waals surface area contributed by atoms with Crippen LogP contribution in [0, 0.1) is 11.7 Å². The van der Waals surface area contributed by atoms with Crippen molar-refractivity contribution in [2.45, 2.75) is 25.3 Å². The molecule has 2 amide bonds. The second-order valence-electron chi connectivity index (χ2n) is 5.35. The van der Waals surface area contributed by atoms with Crippen molar-refractivity contribution in [2.24, 2.45) is 5.92 Å². The molecule has 0 spiro atoms. The van der Waals surface area contributed by atoms with Crippen molar-refractivity contribution >= 4 is 17.8 Å². The van der Waals surface area contributed by atoms with E-state index in [9.17, 15) is 18.8 Å². The second kappa shape index (κ2) is 7.02. The van der Waals surface area contributed by atoms with Crippen LogP contribution in [-0.2, 0) is 20.8 Å². The third-order valence-corrected chi connectivity index (χ3v) is 3.55. The fraction of sp³-hybridized carbons (Fsp3) is 0.400. The van der Waals surface area contributed by atoms with Crippen LogP contribution in [0.25, 0.3) is 0 Å². The number of halogens is 1. The number of carboxylic acids is 1. The van der Waals surface area contributed by atoms with Gasteiger partial charge >= 0.3 is 5.97 Å². The number of carboxylic acid groups (broad SMARTS) is 1. The van der Waals surface area contributed by atoms with Crippen molar-refractivity contribution in [1.82, 2.24) is 10.6 Å². The van der Waals surface area contributed by atoms with Gasteiger partial charge in [0.2, 0.25) is 11.8 Å². The number of aliphatic carboxylic acids is 1. The van der Waals surface area contributed by atoms with E-state index in [1.807, 2.05) is 0 Å². The Morgan fingerprint density at radius 1 is 1.23 bits per heavy atom. The number of carbonyl (C=O) groups is 3. The number of carbonyl (C=O) groups excluding carboxylic acids is 2. The van der Waals surface area contributed by atoms with Crippen LogP contribution in [0.5, 0.6) is 0 Å². The first-order chi connectivity index (χ1) is 10.4. The van der Waals surface area contributed by atoms with Crippen LogP contribution in [0.3, 0.4) is 0 Å². The van der Waals surface area contributed by atoms with E-state index >= 15 is 0 Å². The van der Waals surface area contributed by atoms with Crippen molar-refractivity contribution in [3.05, 3.63) is 35.6 Å². The van der Waals surface area contributed by atoms with E-state index in [0.29, 0.717) is 18.4 Å². The molecule has 0 unspecified atom stereocenters. The zero-order valence-electron chi connectivity index (χ0n) is 11.8. The average Bonchev–Trinajstić information content (AvgIpc) is 2.39. The van der Waals surface area contributed by atoms with Crippen LogP contribution < -0.4 is 10.6 Å². The van der Waals surface area contributed by atoms with Gasteiger partial charge in [-0.05, 0) is 30.5 Å². The molecule has 0 aromatic heterocycles. The minimum absolute atomic E-state index is 0.00441. The van der Waals surface area contributed by atoms with Gasteiger partial charge in [0.05, 0.1) is 18.9 Å². The zero-order chi connectivity index (χ0) is 16.1. The van der Waals surface area contributed by atoms with Gasteiger partial charge in [-0.2, -0.15) is 0 Å². The summed E-state index contributed by atoms with van der Waals surface area (Å²) < 4.78 is 13.0. The van der Waals surface area contributed by atoms with Crippen LogP contribution in [0.15, 0.2) is 24.3 Å². The van der Waals surface area contributed by atoms with Gasteiger partial charge in [-0.25, -0.2) is 4.39 Å². The highest BCUT2D eigenvalue weighted by Crippen LogP contribution is 2.27. The van der Waals surface area contributed by atoms with Gasteiger partial charge in [0.15, 0.2) is 0 Å². The van der Waals surface area contributed by atoms with Crippen LogP contribution in [0.4, 0.5) is 4.39 Å². The van der Waals surface area contributed by atoms with Crippen LogP contribution in [-0.4, -0.2) is 35.5 Å². The summed E-state index contributed by atoms with van der Waals surface area (Å²) >= 11 is 0. The van der Waals surface area contributed by atoms with Gasteiger partial charge in [0.1, 0.15) is 5.82 Å². The van der Waals surface area contributed by atoms with Gasteiger partial charge < -0.3 is 15.7 Å². The lowest BCUT2D eigenvalue weighted by atomic mass is 9.80. The summed E-state index contributed by atoms with van der Waals surface area (Å²) in [4.78, 5) is 33.9. The molecule has 1 aromatic carbocycles. The van der Waals surface area contributed by atoms with E-state index in [0.717, 1.165) is 0 Å². The summed E-state index contributed by atoms with van der Waals surface area (Å²) in [6, 6.07) is 5.55. The molecule has 118 valence electrons. The highest BCUT2D eigenvalue weighted by Gasteiger charge is 2.35. The minimum atomic E-state index is -0.853. The molecule has 1 saturated carbocycles. The summed E-state index contributed by atoms with van der Waals surface area (Å²) in [7, 11) is 0. The third kappa shape index (κ3) is 4.54. The Labute approximate surface area is 126 Å². The summed E-state index contributed by atoms with van der Waals surface area (Å²) in [5.41, 5.74) is 0.529. The maximum atomic E-state index is 13.0. The summed E-state index contributed by atoms with van der Waals surface area (Å²) in [5, 5.41) is 13.8. The van der Waals surface area contributed by atoms with Gasteiger partial charge in [0.25, 0.3) is 0 Å². The Morgan fingerprint density at radius 2 is 1.95 bits per heavy atom. The Hall–Kier alpha value is -2.44. The summed E-state index contributed by atoms with van der Waals surface area (Å²) in [6.45, 7) is -0.178. The zero-order valence-corrected chi connectivity index (χ0v) is 11.8. The van der Waals surface area contributed by atoms with Gasteiger partial charge in [-0.15, -0.1) is 0 Å². The second-order valence-corrected chi connectivity index (χ2v) is 5.35. The predicted molar refractivity (Wildman–Crippen MR) is 75.4 cm³/mol. The Balaban J connectivity index is 1.66. The number of hydrogen-bond acceptors (Lipinski definition) is 3. The van der Waals surface area contributed by atoms with E-state index in [1.54, 1.807) is 6.07 Å². The molecule has 7 heteroatoms. The SMILES string of the molecule is O=C(Cc1cccc(F)c1)NCC(=O)NC1CC(C(=O)O)C1. The van der Waals surface area contributed by atoms with E-state index < -0.39 is 17.7 Å². The van der Waals surface area contributed by atoms with E-state index in [1.165, 1.54) is 18.2 Å². The lowest BCUT2D eigenvalue weighted by molar-refractivity contribution is -0.146. The maximum absolute atomic E-state index is 13.0. The highest BCUT2D eigenvalue weighted by atomic mass is 19.1. The number of nitrogens with one attached hydrogen (secondary N) is 2. The van der Waals surface area contributed by atoms with Crippen LogP contribution >= 0.6 is 0 Å². The first-order valence-corrected chi connectivity index (χ1v) is 6.97. The number of amides is 2. The van der Waals surface area contributed by atoms with E-state index in [4.69, 9.17) is 5.11 Å². The van der Waals surface area contributed by atoms with Crippen LogP contribution in [0.1, 0.15) is 18.4 Å². The molecule has 2 rings (SSSR count). The van der Waals surface area contributed by atoms with Crippen molar-refractivity contribution < 1.29 is 23.9 Å². The maximum Gasteiger partial charge on any atom is 0.306 e. The molecule has 0 aliphatic heterocycles. The van der Waals surface area contributed by atoms with E-state index in [2.05, 4.69) is 10.6 Å². The fourth-order valence-corrected chi connectivity index (χ4v) is 2.29. The molecule has 0 heterocycles. The molecule has 1 aromatic rings. The number of hydrogen-bond donors (Lipinski definition) is 3. The molecule has 0 bridgehead atoms. The lowest BCUT2D eigenvalue weighted by Gasteiger charge is -2.32. The Bertz CT molecular complexity index is 585. The minimum Gasteiger partial charge on any atom is -0.481 e. The smallest absolute Gasteiger partial charge is 0.306 e. The molecular formula is C15H17FN2O4. The normalized spacial score (nSPS) is 19.9. The summed E-state index contributed by atoms with van der Waals surface area (Å²) in [5.74, 6) is -2.40.